The number of Topliss-reactive ketones (excluding diaryl/α,β-unsaturated/α-hetero) is 1. The Morgan fingerprint density at radius 3 is 2.62 bits per heavy atom. The molecular formula is C24H23ClFN7O4. The van der Waals surface area contributed by atoms with Gasteiger partial charge < -0.3 is 10.2 Å². The summed E-state index contributed by atoms with van der Waals surface area (Å²) in [7, 11) is 0. The van der Waals surface area contributed by atoms with E-state index in [1.807, 2.05) is 0 Å². The quantitative estimate of drug-likeness (QED) is 0.193. The van der Waals surface area contributed by atoms with E-state index in [2.05, 4.69) is 20.4 Å². The van der Waals surface area contributed by atoms with Crippen molar-refractivity contribution in [2.45, 2.75) is 39.9 Å². The van der Waals surface area contributed by atoms with Gasteiger partial charge in [-0.2, -0.15) is 5.10 Å². The summed E-state index contributed by atoms with van der Waals surface area (Å²) < 4.78 is 15.4. The van der Waals surface area contributed by atoms with Gasteiger partial charge in [-0.25, -0.2) is 4.39 Å². The molecule has 0 atom stereocenters. The van der Waals surface area contributed by atoms with Crippen LogP contribution in [-0.4, -0.2) is 50.8 Å². The molecule has 0 saturated carbocycles. The predicted octanol–water partition coefficient (Wildman–Crippen LogP) is 4.04. The molecule has 0 aliphatic rings. The van der Waals surface area contributed by atoms with Gasteiger partial charge >= 0.3 is 0 Å². The molecule has 192 valence electrons. The minimum Gasteiger partial charge on any atom is -0.350 e. The van der Waals surface area contributed by atoms with E-state index in [4.69, 9.17) is 17.1 Å². The highest BCUT2D eigenvalue weighted by Gasteiger charge is 2.23. The van der Waals surface area contributed by atoms with Crippen molar-refractivity contribution in [2.24, 2.45) is 5.11 Å². The van der Waals surface area contributed by atoms with Crippen LogP contribution in [0.15, 0.2) is 41.5 Å². The van der Waals surface area contributed by atoms with Crippen molar-refractivity contribution in [1.29, 1.82) is 0 Å². The Bertz CT molecular complexity index is 1450. The molecule has 0 fully saturated rings. The van der Waals surface area contributed by atoms with Gasteiger partial charge in [0.15, 0.2) is 5.78 Å². The van der Waals surface area contributed by atoms with E-state index in [1.54, 1.807) is 19.9 Å². The maximum absolute atomic E-state index is 14.1. The smallest absolute Gasteiger partial charge is 0.249 e. The van der Waals surface area contributed by atoms with Gasteiger partial charge in [-0.15, -0.1) is 0 Å². The summed E-state index contributed by atoms with van der Waals surface area (Å²) in [4.78, 5) is 53.6. The molecule has 3 rings (SSSR count). The Morgan fingerprint density at radius 2 is 1.97 bits per heavy atom. The first-order chi connectivity index (χ1) is 17.5. The van der Waals surface area contributed by atoms with Crippen LogP contribution >= 0.6 is 11.6 Å². The Morgan fingerprint density at radius 1 is 1.24 bits per heavy atom. The zero-order chi connectivity index (χ0) is 27.3. The van der Waals surface area contributed by atoms with E-state index in [0.717, 1.165) is 0 Å². The standard InChI is InChI=1S/C24H23ClFN7O4/c1-13(2)32(11-20(35)28-10-16-5-4-6-18(25)22(16)26)21(36)12-33-19-8-7-15(24(37)29-31-27)9-17(19)23(30-33)14(3)34/h4-9,13H,10-12H2,1-3H3,(H,28,35). The van der Waals surface area contributed by atoms with Crippen molar-refractivity contribution >= 4 is 46.0 Å². The SMILES string of the molecule is CC(=O)c1nn(CC(=O)N(CC(=O)NCc2cccc(Cl)c2F)C(C)C)c2ccc(C(=O)N=[N+]=[N-])cc12. The average Bonchev–Trinajstić information content (AvgIpc) is 3.21. The predicted molar refractivity (Wildman–Crippen MR) is 133 cm³/mol. The average molecular weight is 528 g/mol. The number of fused-ring (bicyclic) bond motifs is 1. The van der Waals surface area contributed by atoms with Gasteiger partial charge in [0.05, 0.1) is 17.1 Å². The zero-order valence-corrected chi connectivity index (χ0v) is 21.0. The molecule has 0 bridgehead atoms. The number of hydrogen-bond donors (Lipinski definition) is 1. The van der Waals surface area contributed by atoms with Gasteiger partial charge in [0.1, 0.15) is 18.1 Å². The third-order valence-electron chi connectivity index (χ3n) is 5.52. The number of amides is 3. The fourth-order valence-electron chi connectivity index (χ4n) is 3.66. The summed E-state index contributed by atoms with van der Waals surface area (Å²) in [6.45, 7) is 4.08. The number of carbonyl (C=O) groups is 4. The summed E-state index contributed by atoms with van der Waals surface area (Å²) in [6, 6.07) is 8.37. The molecule has 2 aromatic carbocycles. The van der Waals surface area contributed by atoms with Gasteiger partial charge in [0.2, 0.25) is 17.7 Å². The van der Waals surface area contributed by atoms with Crippen molar-refractivity contribution in [3.05, 3.63) is 74.5 Å². The molecule has 1 aromatic heterocycles. The van der Waals surface area contributed by atoms with Crippen LogP contribution in [0.4, 0.5) is 4.39 Å². The van der Waals surface area contributed by atoms with Crippen molar-refractivity contribution in [3.63, 3.8) is 0 Å². The van der Waals surface area contributed by atoms with E-state index >= 15 is 0 Å². The van der Waals surface area contributed by atoms with Crippen molar-refractivity contribution < 1.29 is 23.6 Å². The van der Waals surface area contributed by atoms with E-state index in [0.29, 0.717) is 10.9 Å². The fourth-order valence-corrected chi connectivity index (χ4v) is 3.85. The minimum atomic E-state index is -0.822. The van der Waals surface area contributed by atoms with Gasteiger partial charge in [0.25, 0.3) is 0 Å². The maximum Gasteiger partial charge on any atom is 0.249 e. The van der Waals surface area contributed by atoms with Crippen LogP contribution in [0, 0.1) is 5.82 Å². The third kappa shape index (κ3) is 6.29. The maximum atomic E-state index is 14.1. The molecular weight excluding hydrogens is 505 g/mol. The van der Waals surface area contributed by atoms with E-state index in [-0.39, 0.29) is 47.5 Å². The highest BCUT2D eigenvalue weighted by atomic mass is 35.5. The summed E-state index contributed by atoms with van der Waals surface area (Å²) in [6.07, 6.45) is 0. The Balaban J connectivity index is 1.80. The lowest BCUT2D eigenvalue weighted by atomic mass is 10.1. The van der Waals surface area contributed by atoms with Gasteiger partial charge in [-0.3, -0.25) is 23.9 Å². The summed E-state index contributed by atoms with van der Waals surface area (Å²) in [5.41, 5.74) is 9.22. The molecule has 1 N–H and O–H groups in total. The van der Waals surface area contributed by atoms with E-state index in [1.165, 1.54) is 46.8 Å². The first-order valence-corrected chi connectivity index (χ1v) is 11.5. The van der Waals surface area contributed by atoms with Gasteiger partial charge in [-0.1, -0.05) is 23.7 Å². The number of azide groups is 1. The number of benzene rings is 2. The zero-order valence-electron chi connectivity index (χ0n) is 20.2. The van der Waals surface area contributed by atoms with Crippen LogP contribution in [-0.2, 0) is 22.7 Å². The monoisotopic (exact) mass is 527 g/mol. The second-order valence-electron chi connectivity index (χ2n) is 8.39. The van der Waals surface area contributed by atoms with Crippen LogP contribution in [0.1, 0.15) is 47.2 Å². The lowest BCUT2D eigenvalue weighted by molar-refractivity contribution is -0.138. The Labute approximate surface area is 215 Å². The molecule has 3 aromatic rings. The molecule has 3 amide bonds. The van der Waals surface area contributed by atoms with E-state index < -0.39 is 29.3 Å². The largest absolute Gasteiger partial charge is 0.350 e. The van der Waals surface area contributed by atoms with E-state index in [9.17, 15) is 23.6 Å². The number of halogens is 2. The minimum absolute atomic E-state index is 0.0378. The first-order valence-electron chi connectivity index (χ1n) is 11.1. The highest BCUT2D eigenvalue weighted by molar-refractivity contribution is 6.30. The second kappa shape index (κ2) is 11.6. The number of hydrogen-bond acceptors (Lipinski definition) is 5. The van der Waals surface area contributed by atoms with Crippen LogP contribution < -0.4 is 5.32 Å². The molecule has 13 heteroatoms. The normalized spacial score (nSPS) is 10.8. The number of aromatic nitrogens is 2. The van der Waals surface area contributed by atoms with Crippen molar-refractivity contribution in [2.75, 3.05) is 6.54 Å². The molecule has 0 aliphatic heterocycles. The third-order valence-corrected chi connectivity index (χ3v) is 5.81. The summed E-state index contributed by atoms with van der Waals surface area (Å²) in [5, 5.41) is 10.1. The topological polar surface area (TPSA) is 150 Å². The number of rotatable bonds is 9. The molecule has 0 unspecified atom stereocenters. The van der Waals surface area contributed by atoms with Crippen LogP contribution in [0.2, 0.25) is 5.02 Å². The molecule has 37 heavy (non-hydrogen) atoms. The van der Waals surface area contributed by atoms with Crippen molar-refractivity contribution in [3.8, 4) is 0 Å². The number of carbonyl (C=O) groups excluding carboxylic acids is 4. The number of nitrogens with one attached hydrogen (secondary N) is 1. The Kier molecular flexibility index (Phi) is 8.59. The van der Waals surface area contributed by atoms with Crippen LogP contribution in [0.3, 0.4) is 0 Å². The fraction of sp³-hybridized carbons (Fsp3) is 0.292. The first kappa shape index (κ1) is 27.3. The second-order valence-corrected chi connectivity index (χ2v) is 8.80. The number of nitrogens with zero attached hydrogens (tertiary/aromatic N) is 6. The van der Waals surface area contributed by atoms with Crippen LogP contribution in [0.5, 0.6) is 0 Å². The molecule has 0 radical (unpaired) electrons. The molecule has 1 heterocycles. The molecule has 0 aliphatic carbocycles. The molecule has 11 nitrogen and oxygen atoms in total. The van der Waals surface area contributed by atoms with Crippen molar-refractivity contribution in [1.82, 2.24) is 20.0 Å². The van der Waals surface area contributed by atoms with Gasteiger partial charge in [-0.05, 0) is 48.8 Å². The lowest BCUT2D eigenvalue weighted by Crippen LogP contribution is -2.45. The molecule has 0 spiro atoms. The highest BCUT2D eigenvalue weighted by Crippen LogP contribution is 2.22. The lowest BCUT2D eigenvalue weighted by Gasteiger charge is -2.26. The van der Waals surface area contributed by atoms with Gasteiger partial charge in [0, 0.05) is 40.9 Å². The van der Waals surface area contributed by atoms with Crippen LogP contribution in [0.25, 0.3) is 21.3 Å². The molecule has 0 saturated heterocycles. The number of ketones is 1. The Hall–Kier alpha value is -4.28. The summed E-state index contributed by atoms with van der Waals surface area (Å²) >= 11 is 5.77. The summed E-state index contributed by atoms with van der Waals surface area (Å²) in [5.74, 6) is -2.79.